The summed E-state index contributed by atoms with van der Waals surface area (Å²) in [6.07, 6.45) is 0.275. The highest BCUT2D eigenvalue weighted by Gasteiger charge is 2.08. The fraction of sp³-hybridized carbons (Fsp3) is 0.300. The number of rotatable bonds is 5. The summed E-state index contributed by atoms with van der Waals surface area (Å²) in [5, 5.41) is 5.90. The number of carbonyl (C=O) groups is 1. The van der Waals surface area contributed by atoms with Gasteiger partial charge in [-0.15, -0.1) is 11.3 Å². The highest BCUT2D eigenvalue weighted by Crippen LogP contribution is 2.26. The molecule has 0 aliphatic rings. The fourth-order valence-electron chi connectivity index (χ4n) is 1.44. The zero-order chi connectivity index (χ0) is 13.0. The third kappa shape index (κ3) is 2.66. The Hall–Kier alpha value is -1.93. The van der Waals surface area contributed by atoms with Crippen LogP contribution in [0.3, 0.4) is 0 Å². The first kappa shape index (κ1) is 12.5. The number of anilines is 2. The summed E-state index contributed by atoms with van der Waals surface area (Å²) in [4.78, 5) is 20.3. The van der Waals surface area contributed by atoms with E-state index in [1.807, 2.05) is 11.4 Å². The summed E-state index contributed by atoms with van der Waals surface area (Å²) in [5.41, 5.74) is 2.41. The number of fused-ring (bicyclic) bond motifs is 1. The SMILES string of the molecule is COC(=O)CCNc1nc(NN)nc2sccc12. The van der Waals surface area contributed by atoms with E-state index in [1.54, 1.807) is 0 Å². The molecule has 0 saturated heterocycles. The minimum Gasteiger partial charge on any atom is -0.469 e. The molecule has 0 aliphatic heterocycles. The first-order chi connectivity index (χ1) is 8.74. The van der Waals surface area contributed by atoms with Crippen LogP contribution < -0.4 is 16.6 Å². The molecule has 0 amide bonds. The molecule has 0 atom stereocenters. The monoisotopic (exact) mass is 267 g/mol. The zero-order valence-corrected chi connectivity index (χ0v) is 10.6. The molecule has 0 bridgehead atoms. The minimum absolute atomic E-state index is 0.268. The normalized spacial score (nSPS) is 10.3. The Morgan fingerprint density at radius 2 is 2.39 bits per heavy atom. The number of methoxy groups -OCH3 is 1. The largest absolute Gasteiger partial charge is 0.469 e. The summed E-state index contributed by atoms with van der Waals surface area (Å²) in [7, 11) is 1.36. The lowest BCUT2D eigenvalue weighted by Gasteiger charge is -2.07. The van der Waals surface area contributed by atoms with Crippen molar-refractivity contribution < 1.29 is 9.53 Å². The Morgan fingerprint density at radius 3 is 3.11 bits per heavy atom. The molecule has 0 radical (unpaired) electrons. The van der Waals surface area contributed by atoms with Gasteiger partial charge in [-0.05, 0) is 11.4 Å². The molecule has 7 nitrogen and oxygen atoms in total. The summed E-state index contributed by atoms with van der Waals surface area (Å²) >= 11 is 1.50. The van der Waals surface area contributed by atoms with Crippen molar-refractivity contribution >= 4 is 39.3 Å². The van der Waals surface area contributed by atoms with E-state index < -0.39 is 0 Å². The maximum absolute atomic E-state index is 11.0. The second kappa shape index (κ2) is 5.61. The highest BCUT2D eigenvalue weighted by atomic mass is 32.1. The van der Waals surface area contributed by atoms with E-state index >= 15 is 0 Å². The van der Waals surface area contributed by atoms with Crippen molar-refractivity contribution in [3.8, 4) is 0 Å². The lowest BCUT2D eigenvalue weighted by molar-refractivity contribution is -0.140. The second-order valence-electron chi connectivity index (χ2n) is 3.43. The lowest BCUT2D eigenvalue weighted by atomic mass is 10.3. The number of carbonyl (C=O) groups excluding carboxylic acids is 1. The lowest BCUT2D eigenvalue weighted by Crippen LogP contribution is -2.14. The number of nitrogens with two attached hydrogens (primary N) is 1. The van der Waals surface area contributed by atoms with Crippen LogP contribution in [0.1, 0.15) is 6.42 Å². The maximum Gasteiger partial charge on any atom is 0.307 e. The summed E-state index contributed by atoms with van der Waals surface area (Å²) in [6, 6.07) is 1.92. The topological polar surface area (TPSA) is 102 Å². The molecule has 96 valence electrons. The van der Waals surface area contributed by atoms with Crippen LogP contribution in [0.2, 0.25) is 0 Å². The average Bonchev–Trinajstić information content (AvgIpc) is 2.86. The molecule has 2 heterocycles. The molecule has 2 rings (SSSR count). The first-order valence-corrected chi connectivity index (χ1v) is 6.15. The van der Waals surface area contributed by atoms with Crippen LogP contribution in [0.5, 0.6) is 0 Å². The van der Waals surface area contributed by atoms with E-state index in [2.05, 4.69) is 25.4 Å². The van der Waals surface area contributed by atoms with Crippen molar-refractivity contribution in [3.05, 3.63) is 11.4 Å². The van der Waals surface area contributed by atoms with Crippen LogP contribution in [0.4, 0.5) is 11.8 Å². The van der Waals surface area contributed by atoms with Crippen molar-refractivity contribution in [2.24, 2.45) is 5.84 Å². The van der Waals surface area contributed by atoms with Crippen LogP contribution in [0, 0.1) is 0 Å². The third-order valence-corrected chi connectivity index (χ3v) is 3.11. The Kier molecular flexibility index (Phi) is 3.90. The highest BCUT2D eigenvalue weighted by molar-refractivity contribution is 7.16. The van der Waals surface area contributed by atoms with Gasteiger partial charge >= 0.3 is 5.97 Å². The predicted octanol–water partition coefficient (Wildman–Crippen LogP) is 0.952. The molecule has 0 saturated carbocycles. The Labute approximate surface area is 107 Å². The van der Waals surface area contributed by atoms with Crippen molar-refractivity contribution in [1.82, 2.24) is 9.97 Å². The number of hydrogen-bond donors (Lipinski definition) is 3. The fourth-order valence-corrected chi connectivity index (χ4v) is 2.20. The Bertz CT molecular complexity index is 556. The van der Waals surface area contributed by atoms with E-state index in [4.69, 9.17) is 5.84 Å². The number of thiophene rings is 1. The molecule has 2 aromatic rings. The number of hydrogen-bond acceptors (Lipinski definition) is 8. The van der Waals surface area contributed by atoms with Gasteiger partial charge in [0.25, 0.3) is 0 Å². The summed E-state index contributed by atoms with van der Waals surface area (Å²) < 4.78 is 4.56. The smallest absolute Gasteiger partial charge is 0.307 e. The number of nitrogens with one attached hydrogen (secondary N) is 2. The molecule has 8 heteroatoms. The van der Waals surface area contributed by atoms with Crippen LogP contribution >= 0.6 is 11.3 Å². The predicted molar refractivity (Wildman–Crippen MR) is 70.3 cm³/mol. The quantitative estimate of drug-likeness (QED) is 0.421. The van der Waals surface area contributed by atoms with Gasteiger partial charge < -0.3 is 10.1 Å². The molecule has 0 aliphatic carbocycles. The van der Waals surface area contributed by atoms with Gasteiger partial charge in [0.1, 0.15) is 10.6 Å². The number of esters is 1. The molecule has 0 unspecified atom stereocenters. The van der Waals surface area contributed by atoms with E-state index in [-0.39, 0.29) is 12.4 Å². The molecule has 18 heavy (non-hydrogen) atoms. The maximum atomic E-state index is 11.0. The number of nitrogens with zero attached hydrogens (tertiary/aromatic N) is 2. The van der Waals surface area contributed by atoms with E-state index in [0.717, 1.165) is 10.2 Å². The van der Waals surface area contributed by atoms with Crippen molar-refractivity contribution in [1.29, 1.82) is 0 Å². The van der Waals surface area contributed by atoms with Gasteiger partial charge in [-0.3, -0.25) is 10.2 Å². The Morgan fingerprint density at radius 1 is 1.56 bits per heavy atom. The standard InChI is InChI=1S/C10H13N5O2S/c1-17-7(16)2-4-12-8-6-3-5-18-9(6)14-10(13-8)15-11/h3,5H,2,4,11H2,1H3,(H2,12,13,14,15). The van der Waals surface area contributed by atoms with Gasteiger partial charge in [0.2, 0.25) is 5.95 Å². The molecule has 2 aromatic heterocycles. The van der Waals surface area contributed by atoms with Crippen molar-refractivity contribution in [3.63, 3.8) is 0 Å². The van der Waals surface area contributed by atoms with Crippen molar-refractivity contribution in [2.45, 2.75) is 6.42 Å². The number of aromatic nitrogens is 2. The Balaban J connectivity index is 2.15. The summed E-state index contributed by atoms with van der Waals surface area (Å²) in [5.74, 6) is 6.03. The third-order valence-electron chi connectivity index (χ3n) is 2.30. The van der Waals surface area contributed by atoms with Gasteiger partial charge in [0.15, 0.2) is 0 Å². The van der Waals surface area contributed by atoms with Crippen molar-refractivity contribution in [2.75, 3.05) is 24.4 Å². The molecule has 4 N–H and O–H groups in total. The molecule has 0 spiro atoms. The van der Waals surface area contributed by atoms with E-state index in [9.17, 15) is 4.79 Å². The van der Waals surface area contributed by atoms with Gasteiger partial charge in [0.05, 0.1) is 18.9 Å². The number of nitrogen functional groups attached to an aromatic ring is 1. The van der Waals surface area contributed by atoms with E-state index in [1.165, 1.54) is 18.4 Å². The minimum atomic E-state index is -0.268. The van der Waals surface area contributed by atoms with Gasteiger partial charge in [-0.25, -0.2) is 10.8 Å². The van der Waals surface area contributed by atoms with Gasteiger partial charge in [-0.2, -0.15) is 4.98 Å². The van der Waals surface area contributed by atoms with Gasteiger partial charge in [0, 0.05) is 6.54 Å². The molecular formula is C10H13N5O2S. The van der Waals surface area contributed by atoms with Gasteiger partial charge in [-0.1, -0.05) is 0 Å². The molecule has 0 aromatic carbocycles. The summed E-state index contributed by atoms with van der Waals surface area (Å²) in [6.45, 7) is 0.443. The van der Waals surface area contributed by atoms with Crippen LogP contribution in [0.15, 0.2) is 11.4 Å². The first-order valence-electron chi connectivity index (χ1n) is 5.27. The van der Waals surface area contributed by atoms with E-state index in [0.29, 0.717) is 18.3 Å². The molecule has 0 fully saturated rings. The second-order valence-corrected chi connectivity index (χ2v) is 4.33. The van der Waals surface area contributed by atoms with Crippen LogP contribution in [-0.4, -0.2) is 29.6 Å². The molecular weight excluding hydrogens is 254 g/mol. The number of ether oxygens (including phenoxy) is 1. The average molecular weight is 267 g/mol. The van der Waals surface area contributed by atoms with Crippen LogP contribution in [0.25, 0.3) is 10.2 Å². The number of hydrazine groups is 1. The zero-order valence-electron chi connectivity index (χ0n) is 9.77. The van der Waals surface area contributed by atoms with Crippen LogP contribution in [-0.2, 0) is 9.53 Å².